The number of allylic oxidation sites excluding steroid dienone is 1. The number of halogens is 1. The Hall–Kier alpha value is -2.57. The van der Waals surface area contributed by atoms with Crippen molar-refractivity contribution in [3.05, 3.63) is 65.5 Å². The molecule has 1 saturated heterocycles. The van der Waals surface area contributed by atoms with Crippen molar-refractivity contribution in [1.82, 2.24) is 14.7 Å². The van der Waals surface area contributed by atoms with E-state index in [1.54, 1.807) is 23.1 Å². The molecule has 0 spiro atoms. The molecule has 1 aliphatic heterocycles. The Kier molecular flexibility index (Phi) is 12.6. The number of anilines is 1. The summed E-state index contributed by atoms with van der Waals surface area (Å²) in [4.78, 5) is 32.0. The quantitative estimate of drug-likeness (QED) is 0.353. The lowest BCUT2D eigenvalue weighted by molar-refractivity contribution is -0.126. The van der Waals surface area contributed by atoms with Gasteiger partial charge in [-0.15, -0.1) is 0 Å². The van der Waals surface area contributed by atoms with Crippen LogP contribution in [0.15, 0.2) is 60.5 Å². The Labute approximate surface area is 216 Å². The average molecular weight is 501 g/mol. The van der Waals surface area contributed by atoms with Gasteiger partial charge in [0, 0.05) is 31.4 Å². The van der Waals surface area contributed by atoms with Crippen LogP contribution in [0, 0.1) is 0 Å². The lowest BCUT2D eigenvalue weighted by Crippen LogP contribution is -2.47. The molecule has 1 aromatic rings. The Bertz CT molecular complexity index is 904. The molecule has 7 heteroatoms. The van der Waals surface area contributed by atoms with E-state index in [1.807, 2.05) is 36.1 Å². The van der Waals surface area contributed by atoms with Crippen LogP contribution in [0.5, 0.6) is 0 Å². The maximum Gasteiger partial charge on any atom is 0.271 e. The Morgan fingerprint density at radius 2 is 1.80 bits per heavy atom. The van der Waals surface area contributed by atoms with Gasteiger partial charge in [-0.2, -0.15) is 0 Å². The van der Waals surface area contributed by atoms with Crippen LogP contribution in [0.1, 0.15) is 52.9 Å². The smallest absolute Gasteiger partial charge is 0.271 e. The molecular weight excluding hydrogens is 460 g/mol. The molecule has 35 heavy (non-hydrogen) atoms. The fraction of sp³-hybridized carbons (Fsp3) is 0.500. The van der Waals surface area contributed by atoms with E-state index in [1.165, 1.54) is 25.7 Å². The first kappa shape index (κ1) is 28.7. The standard InChI is InChI=1S/C28H41ClN4O2/c1-5-8-17-31(18-9-6-2)19-12-16-27(34)32-20-21-33(23(4)22-32)26(13-7-3)28(35)30-25-15-11-10-14-24(25)29/h10-16H,4-9,17-22H2,1-3H3,(H,30,35)/b16-12+,26-13-. The summed E-state index contributed by atoms with van der Waals surface area (Å²) in [5.41, 5.74) is 1.82. The van der Waals surface area contributed by atoms with Crippen molar-refractivity contribution < 1.29 is 9.59 Å². The summed E-state index contributed by atoms with van der Waals surface area (Å²) in [6, 6.07) is 7.16. The number of para-hydroxylation sites is 1. The highest BCUT2D eigenvalue weighted by atomic mass is 35.5. The number of nitrogens with zero attached hydrogens (tertiary/aromatic N) is 3. The van der Waals surface area contributed by atoms with Crippen LogP contribution < -0.4 is 5.32 Å². The second-order valence-electron chi connectivity index (χ2n) is 8.82. The average Bonchev–Trinajstić information content (AvgIpc) is 2.85. The highest BCUT2D eigenvalue weighted by Gasteiger charge is 2.27. The van der Waals surface area contributed by atoms with Crippen molar-refractivity contribution in [2.24, 2.45) is 0 Å². The van der Waals surface area contributed by atoms with Gasteiger partial charge in [0.25, 0.3) is 5.91 Å². The highest BCUT2D eigenvalue weighted by molar-refractivity contribution is 6.33. The Balaban J connectivity index is 1.96. The van der Waals surface area contributed by atoms with Gasteiger partial charge in [0.2, 0.25) is 5.91 Å². The molecule has 2 amide bonds. The first-order valence-electron chi connectivity index (χ1n) is 12.8. The molecule has 0 aromatic heterocycles. The van der Waals surface area contributed by atoms with Crippen molar-refractivity contribution >= 4 is 29.1 Å². The molecule has 0 saturated carbocycles. The van der Waals surface area contributed by atoms with Gasteiger partial charge < -0.3 is 15.1 Å². The van der Waals surface area contributed by atoms with Gasteiger partial charge in [-0.3, -0.25) is 14.5 Å². The van der Waals surface area contributed by atoms with Crippen LogP contribution in [-0.2, 0) is 9.59 Å². The summed E-state index contributed by atoms with van der Waals surface area (Å²) < 4.78 is 0. The molecule has 0 atom stereocenters. The van der Waals surface area contributed by atoms with Gasteiger partial charge in [0.05, 0.1) is 17.3 Å². The predicted molar refractivity (Wildman–Crippen MR) is 146 cm³/mol. The first-order chi connectivity index (χ1) is 16.9. The molecule has 1 aliphatic rings. The van der Waals surface area contributed by atoms with E-state index in [0.29, 0.717) is 42.5 Å². The largest absolute Gasteiger partial charge is 0.338 e. The molecule has 0 bridgehead atoms. The number of piperazine rings is 1. The van der Waals surface area contributed by atoms with Crippen LogP contribution in [0.3, 0.4) is 0 Å². The summed E-state index contributed by atoms with van der Waals surface area (Å²) >= 11 is 6.21. The van der Waals surface area contributed by atoms with E-state index in [4.69, 9.17) is 11.6 Å². The van der Waals surface area contributed by atoms with Crippen LogP contribution in [0.2, 0.25) is 5.02 Å². The summed E-state index contributed by atoms with van der Waals surface area (Å²) in [6.45, 7) is 14.9. The van der Waals surface area contributed by atoms with E-state index in [9.17, 15) is 9.59 Å². The van der Waals surface area contributed by atoms with E-state index in [2.05, 4.69) is 30.6 Å². The van der Waals surface area contributed by atoms with Crippen molar-refractivity contribution in [3.8, 4) is 0 Å². The molecule has 0 radical (unpaired) electrons. The summed E-state index contributed by atoms with van der Waals surface area (Å²) in [5, 5.41) is 3.38. The molecule has 0 unspecified atom stereocenters. The molecule has 1 N–H and O–H groups in total. The number of carbonyl (C=O) groups is 2. The molecule has 192 valence electrons. The zero-order valence-corrected chi connectivity index (χ0v) is 22.3. The highest BCUT2D eigenvalue weighted by Crippen LogP contribution is 2.24. The summed E-state index contributed by atoms with van der Waals surface area (Å²) in [7, 11) is 0. The molecule has 0 aliphatic carbocycles. The monoisotopic (exact) mass is 500 g/mol. The minimum Gasteiger partial charge on any atom is -0.338 e. The van der Waals surface area contributed by atoms with Gasteiger partial charge in [0.15, 0.2) is 0 Å². The topological polar surface area (TPSA) is 55.9 Å². The zero-order valence-electron chi connectivity index (χ0n) is 21.6. The van der Waals surface area contributed by atoms with Gasteiger partial charge >= 0.3 is 0 Å². The normalized spacial score (nSPS) is 14.8. The number of benzene rings is 1. The van der Waals surface area contributed by atoms with E-state index in [0.717, 1.165) is 25.3 Å². The van der Waals surface area contributed by atoms with Crippen molar-refractivity contribution in [1.29, 1.82) is 0 Å². The van der Waals surface area contributed by atoms with E-state index >= 15 is 0 Å². The minimum atomic E-state index is -0.236. The summed E-state index contributed by atoms with van der Waals surface area (Å²) in [5.74, 6) is -0.252. The van der Waals surface area contributed by atoms with Crippen LogP contribution in [0.25, 0.3) is 0 Å². The van der Waals surface area contributed by atoms with E-state index < -0.39 is 0 Å². The van der Waals surface area contributed by atoms with Gasteiger partial charge in [0.1, 0.15) is 5.70 Å². The molecule has 1 fully saturated rings. The Morgan fingerprint density at radius 1 is 1.11 bits per heavy atom. The molecule has 6 nitrogen and oxygen atoms in total. The first-order valence-corrected chi connectivity index (χ1v) is 13.2. The third-order valence-electron chi connectivity index (χ3n) is 5.98. The predicted octanol–water partition coefficient (Wildman–Crippen LogP) is 5.69. The van der Waals surface area contributed by atoms with Crippen molar-refractivity contribution in [2.75, 3.05) is 44.6 Å². The second-order valence-corrected chi connectivity index (χ2v) is 9.23. The van der Waals surface area contributed by atoms with Gasteiger partial charge in [-0.25, -0.2) is 0 Å². The lowest BCUT2D eigenvalue weighted by atomic mass is 10.2. The minimum absolute atomic E-state index is 0.0155. The van der Waals surface area contributed by atoms with Crippen LogP contribution in [-0.4, -0.2) is 65.8 Å². The number of rotatable bonds is 13. The Morgan fingerprint density at radius 3 is 2.40 bits per heavy atom. The maximum absolute atomic E-state index is 13.1. The molecular formula is C28H41ClN4O2. The van der Waals surface area contributed by atoms with Crippen LogP contribution >= 0.6 is 11.6 Å². The SMILES string of the molecule is C=C1CN(C(=O)/C=C/CN(CCCC)CCCC)CCN1/C(=C\CC)C(=O)Nc1ccccc1Cl. The third kappa shape index (κ3) is 9.19. The van der Waals surface area contributed by atoms with Crippen LogP contribution in [0.4, 0.5) is 5.69 Å². The van der Waals surface area contributed by atoms with E-state index in [-0.39, 0.29) is 11.8 Å². The molecule has 2 rings (SSSR count). The molecule has 1 aromatic carbocycles. The number of unbranched alkanes of at least 4 members (excludes halogenated alkanes) is 2. The number of amides is 2. The number of nitrogens with one attached hydrogen (secondary N) is 1. The second kappa shape index (κ2) is 15.4. The molecule has 1 heterocycles. The third-order valence-corrected chi connectivity index (χ3v) is 6.31. The van der Waals surface area contributed by atoms with Gasteiger partial charge in [-0.05, 0) is 44.5 Å². The number of carbonyl (C=O) groups excluding carboxylic acids is 2. The fourth-order valence-corrected chi connectivity index (χ4v) is 4.16. The maximum atomic E-state index is 13.1. The zero-order chi connectivity index (χ0) is 25.6. The lowest BCUT2D eigenvalue weighted by Gasteiger charge is -2.38. The number of hydrogen-bond donors (Lipinski definition) is 1. The fourth-order valence-electron chi connectivity index (χ4n) is 3.98. The van der Waals surface area contributed by atoms with Gasteiger partial charge in [-0.1, -0.05) is 76.1 Å². The van der Waals surface area contributed by atoms with Crippen molar-refractivity contribution in [2.45, 2.75) is 52.9 Å². The number of hydrogen-bond acceptors (Lipinski definition) is 4. The van der Waals surface area contributed by atoms with Crippen molar-refractivity contribution in [3.63, 3.8) is 0 Å². The summed E-state index contributed by atoms with van der Waals surface area (Å²) in [6.07, 6.45) is 10.9.